The molecule has 0 N–H and O–H groups in total. The molecule has 3 aliphatic rings. The van der Waals surface area contributed by atoms with Gasteiger partial charge in [-0.2, -0.15) is 0 Å². The minimum atomic E-state index is -0.0734. The third kappa shape index (κ3) is 3.01. The fraction of sp³-hybridized carbons (Fsp3) is 0.667. The van der Waals surface area contributed by atoms with Gasteiger partial charge in [0.25, 0.3) is 0 Å². The van der Waals surface area contributed by atoms with Crippen molar-refractivity contribution in [1.29, 1.82) is 0 Å². The van der Waals surface area contributed by atoms with Crippen molar-refractivity contribution in [1.82, 2.24) is 0 Å². The Bertz CT molecular complexity index is 620. The van der Waals surface area contributed by atoms with Gasteiger partial charge in [-0.15, -0.1) is 0 Å². The molecule has 26 heavy (non-hydrogen) atoms. The van der Waals surface area contributed by atoms with Crippen LogP contribution < -0.4 is 0 Å². The lowest BCUT2D eigenvalue weighted by molar-refractivity contribution is -0.124. The van der Waals surface area contributed by atoms with Crippen LogP contribution in [0.3, 0.4) is 0 Å². The van der Waals surface area contributed by atoms with Crippen LogP contribution in [0.5, 0.6) is 0 Å². The number of Topliss-reactive ketones (excluding diaryl/α,β-unsaturated/α-hetero) is 1. The van der Waals surface area contributed by atoms with Gasteiger partial charge in [0.15, 0.2) is 0 Å². The predicted octanol–water partition coefficient (Wildman–Crippen LogP) is 3.27. The molecule has 0 aromatic carbocycles. The molecule has 5 nitrogen and oxygen atoms in total. The number of carbonyl (C=O) groups excluding carboxylic acids is 1. The van der Waals surface area contributed by atoms with Crippen molar-refractivity contribution < 1.29 is 23.7 Å². The van der Waals surface area contributed by atoms with Crippen molar-refractivity contribution in [3.05, 3.63) is 35.8 Å². The topological polar surface area (TPSA) is 54.0 Å². The van der Waals surface area contributed by atoms with Gasteiger partial charge in [0.2, 0.25) is 0 Å². The molecule has 0 aliphatic heterocycles. The second kappa shape index (κ2) is 7.97. The van der Waals surface area contributed by atoms with Gasteiger partial charge in [-0.3, -0.25) is 4.79 Å². The van der Waals surface area contributed by atoms with E-state index in [9.17, 15) is 4.79 Å². The standard InChI is InChI=1S/C21H30O5/c1-6-16(24-3)13-10-15-20-18(26-5)8-7-17(25-4)19(20)14(21(15)22)9-12(13)11-23-2/h6,11,14-15,17-20H,1,7-10H2,2-5H3/b12-11+,16-13+. The number of ether oxygens (including phenoxy) is 4. The van der Waals surface area contributed by atoms with Crippen LogP contribution in [-0.2, 0) is 23.7 Å². The van der Waals surface area contributed by atoms with Crippen LogP contribution in [0.2, 0.25) is 0 Å². The highest BCUT2D eigenvalue weighted by atomic mass is 16.5. The Balaban J connectivity index is 2.08. The van der Waals surface area contributed by atoms with Crippen LogP contribution in [0.1, 0.15) is 25.7 Å². The summed E-state index contributed by atoms with van der Waals surface area (Å²) < 4.78 is 22.5. The summed E-state index contributed by atoms with van der Waals surface area (Å²) in [6.07, 6.45) is 6.84. The number of hydrogen-bond donors (Lipinski definition) is 0. The summed E-state index contributed by atoms with van der Waals surface area (Å²) in [5.74, 6) is 1.32. The number of carbonyl (C=O) groups is 1. The molecule has 0 aromatic rings. The van der Waals surface area contributed by atoms with E-state index in [1.807, 2.05) is 0 Å². The average molecular weight is 362 g/mol. The molecule has 0 aromatic heterocycles. The van der Waals surface area contributed by atoms with Gasteiger partial charge in [0.05, 0.1) is 32.7 Å². The van der Waals surface area contributed by atoms with Crippen LogP contribution in [0, 0.1) is 23.7 Å². The Morgan fingerprint density at radius 3 is 2.04 bits per heavy atom. The molecule has 5 heteroatoms. The minimum absolute atomic E-state index is 0.0604. The first-order chi connectivity index (χ1) is 12.6. The molecule has 0 saturated heterocycles. The monoisotopic (exact) mass is 362 g/mol. The van der Waals surface area contributed by atoms with Gasteiger partial charge in [-0.1, -0.05) is 6.58 Å². The molecule has 2 bridgehead atoms. The number of methoxy groups -OCH3 is 4. The molecule has 3 rings (SSSR count). The van der Waals surface area contributed by atoms with Crippen LogP contribution >= 0.6 is 0 Å². The molecule has 0 radical (unpaired) electrons. The molecule has 3 aliphatic carbocycles. The van der Waals surface area contributed by atoms with Gasteiger partial charge in [0, 0.05) is 43.5 Å². The highest BCUT2D eigenvalue weighted by molar-refractivity contribution is 5.88. The smallest absolute Gasteiger partial charge is 0.140 e. The average Bonchev–Trinajstić information content (AvgIpc) is 2.83. The lowest BCUT2D eigenvalue weighted by Crippen LogP contribution is -2.44. The largest absolute Gasteiger partial charge is 0.504 e. The third-order valence-electron chi connectivity index (χ3n) is 6.52. The Morgan fingerprint density at radius 2 is 1.58 bits per heavy atom. The first-order valence-corrected chi connectivity index (χ1v) is 9.32. The summed E-state index contributed by atoms with van der Waals surface area (Å²) in [7, 11) is 6.79. The number of fused-ring (bicyclic) bond motifs is 5. The summed E-state index contributed by atoms with van der Waals surface area (Å²) >= 11 is 0. The van der Waals surface area contributed by atoms with E-state index in [4.69, 9.17) is 18.9 Å². The third-order valence-corrected chi connectivity index (χ3v) is 6.52. The van der Waals surface area contributed by atoms with Crippen molar-refractivity contribution in [2.45, 2.75) is 37.9 Å². The normalized spacial score (nSPS) is 40.0. The molecule has 3 saturated carbocycles. The van der Waals surface area contributed by atoms with E-state index in [2.05, 4.69) is 6.58 Å². The zero-order chi connectivity index (χ0) is 18.8. The highest BCUT2D eigenvalue weighted by Crippen LogP contribution is 2.55. The van der Waals surface area contributed by atoms with Crippen LogP contribution in [-0.4, -0.2) is 46.4 Å². The Kier molecular flexibility index (Phi) is 5.88. The SMILES string of the molecule is C=C/C(OC)=C1/CC2C(=O)C(C/C1=C\OC)C1C(OC)CCC(OC)C21. The molecule has 144 valence electrons. The van der Waals surface area contributed by atoms with Crippen LogP contribution in [0.4, 0.5) is 0 Å². The summed E-state index contributed by atoms with van der Waals surface area (Å²) in [4.78, 5) is 13.3. The minimum Gasteiger partial charge on any atom is -0.504 e. The first-order valence-electron chi connectivity index (χ1n) is 9.32. The first kappa shape index (κ1) is 19.2. The Morgan fingerprint density at radius 1 is 1.00 bits per heavy atom. The van der Waals surface area contributed by atoms with Crippen molar-refractivity contribution in [2.24, 2.45) is 23.7 Å². The van der Waals surface area contributed by atoms with Crippen molar-refractivity contribution >= 4 is 5.78 Å². The maximum atomic E-state index is 13.3. The molecule has 0 amide bonds. The Labute approximate surface area is 156 Å². The molecule has 3 fully saturated rings. The molecule has 6 unspecified atom stereocenters. The summed E-state index contributed by atoms with van der Waals surface area (Å²) in [6, 6.07) is 0. The van der Waals surface area contributed by atoms with E-state index < -0.39 is 0 Å². The van der Waals surface area contributed by atoms with E-state index in [1.54, 1.807) is 40.8 Å². The van der Waals surface area contributed by atoms with Crippen molar-refractivity contribution in [2.75, 3.05) is 28.4 Å². The lowest BCUT2D eigenvalue weighted by atomic mass is 9.68. The zero-order valence-electron chi connectivity index (χ0n) is 16.2. The molecular weight excluding hydrogens is 332 g/mol. The molecule has 0 heterocycles. The fourth-order valence-corrected chi connectivity index (χ4v) is 5.50. The predicted molar refractivity (Wildman–Crippen MR) is 98.4 cm³/mol. The van der Waals surface area contributed by atoms with E-state index in [-0.39, 0.29) is 35.9 Å². The van der Waals surface area contributed by atoms with Crippen LogP contribution in [0.25, 0.3) is 0 Å². The quantitative estimate of drug-likeness (QED) is 0.703. The Hall–Kier alpha value is -1.59. The van der Waals surface area contributed by atoms with E-state index in [1.165, 1.54) is 0 Å². The number of allylic oxidation sites excluding steroid dienone is 3. The summed E-state index contributed by atoms with van der Waals surface area (Å²) in [5, 5.41) is 0. The van der Waals surface area contributed by atoms with Gasteiger partial charge in [0.1, 0.15) is 11.5 Å². The number of hydrogen-bond acceptors (Lipinski definition) is 5. The second-order valence-corrected chi connectivity index (χ2v) is 7.43. The summed E-state index contributed by atoms with van der Waals surface area (Å²) in [5.41, 5.74) is 2.05. The second-order valence-electron chi connectivity index (χ2n) is 7.43. The van der Waals surface area contributed by atoms with Crippen molar-refractivity contribution in [3.63, 3.8) is 0 Å². The van der Waals surface area contributed by atoms with Gasteiger partial charge in [-0.25, -0.2) is 0 Å². The maximum Gasteiger partial charge on any atom is 0.140 e. The van der Waals surface area contributed by atoms with E-state index >= 15 is 0 Å². The van der Waals surface area contributed by atoms with E-state index in [0.29, 0.717) is 18.6 Å². The lowest BCUT2D eigenvalue weighted by Gasteiger charge is -2.42. The van der Waals surface area contributed by atoms with Gasteiger partial charge >= 0.3 is 0 Å². The van der Waals surface area contributed by atoms with Gasteiger partial charge in [-0.05, 0) is 37.3 Å². The van der Waals surface area contributed by atoms with Gasteiger partial charge < -0.3 is 18.9 Å². The van der Waals surface area contributed by atoms with Crippen molar-refractivity contribution in [3.8, 4) is 0 Å². The fourth-order valence-electron chi connectivity index (χ4n) is 5.50. The molecular formula is C21H30O5. The zero-order valence-corrected chi connectivity index (χ0v) is 16.2. The van der Waals surface area contributed by atoms with E-state index in [0.717, 1.165) is 29.7 Å². The summed E-state index contributed by atoms with van der Waals surface area (Å²) in [6.45, 7) is 3.87. The highest BCUT2D eigenvalue weighted by Gasteiger charge is 2.58. The maximum absolute atomic E-state index is 13.3. The molecule has 0 spiro atoms. The molecule has 6 atom stereocenters. The number of ketones is 1. The van der Waals surface area contributed by atoms with Crippen LogP contribution in [0.15, 0.2) is 35.8 Å². The number of rotatable bonds is 5.